The molecule has 0 aliphatic carbocycles. The number of hydrogen-bond donors (Lipinski definition) is 0. The van der Waals surface area contributed by atoms with E-state index in [4.69, 9.17) is 0 Å². The van der Waals surface area contributed by atoms with Crippen molar-refractivity contribution in [2.75, 3.05) is 38.1 Å². The standard InChI is InChI=1S/C37H32BN5/c1-37(2)42(26-15-8-5-9-16-26)31-19-11-18-28-35(31)43(37)29-20-21-30-36-33(29)38(28)27-17-10-12-24-22-40(25-13-6-4-7-14-25)32(23-39(30)3)41(36)34(24)27/h4-21,32H,22-23H2,1-3H3. The molecule has 5 heterocycles. The molecule has 0 N–H and O–H groups in total. The van der Waals surface area contributed by atoms with Crippen LogP contribution in [0.5, 0.6) is 0 Å². The summed E-state index contributed by atoms with van der Waals surface area (Å²) in [6, 6.07) is 40.7. The molecular weight excluding hydrogens is 525 g/mol. The second kappa shape index (κ2) is 7.96. The summed E-state index contributed by atoms with van der Waals surface area (Å²) in [5, 5.41) is 0. The first-order valence-corrected chi connectivity index (χ1v) is 15.4. The van der Waals surface area contributed by atoms with Gasteiger partial charge in [-0.1, -0.05) is 66.7 Å². The SMILES string of the molecule is CN1CC2N(c3ccccc3)Cc3cccc4c3N2c2c1ccc1c2B4c2cccc3c2N1C(C)(C)N3c1ccccc1. The van der Waals surface area contributed by atoms with Gasteiger partial charge in [-0.2, -0.15) is 0 Å². The molecule has 43 heavy (non-hydrogen) atoms. The van der Waals surface area contributed by atoms with Crippen molar-refractivity contribution in [2.45, 2.75) is 32.2 Å². The highest BCUT2D eigenvalue weighted by atomic mass is 15.5. The molecule has 0 saturated carbocycles. The van der Waals surface area contributed by atoms with Gasteiger partial charge in [-0.15, -0.1) is 0 Å². The Hall–Kier alpha value is -4.84. The summed E-state index contributed by atoms with van der Waals surface area (Å²) >= 11 is 0. The first kappa shape index (κ1) is 23.7. The van der Waals surface area contributed by atoms with Gasteiger partial charge in [0.1, 0.15) is 11.8 Å². The molecule has 1 atom stereocenters. The molecule has 5 aromatic carbocycles. The largest absolute Gasteiger partial charge is 0.369 e. The Morgan fingerprint density at radius 3 is 2.07 bits per heavy atom. The van der Waals surface area contributed by atoms with Crippen molar-refractivity contribution >= 4 is 68.6 Å². The molecule has 0 amide bonds. The minimum absolute atomic E-state index is 0.185. The second-order valence-corrected chi connectivity index (χ2v) is 13.1. The van der Waals surface area contributed by atoms with Crippen LogP contribution in [0.1, 0.15) is 19.4 Å². The van der Waals surface area contributed by atoms with Gasteiger partial charge in [0.05, 0.1) is 29.3 Å². The molecule has 0 saturated heterocycles. The predicted molar refractivity (Wildman–Crippen MR) is 181 cm³/mol. The maximum atomic E-state index is 2.71. The molecule has 0 bridgehead atoms. The Bertz CT molecular complexity index is 1970. The van der Waals surface area contributed by atoms with Crippen molar-refractivity contribution < 1.29 is 0 Å². The Balaban J connectivity index is 1.28. The van der Waals surface area contributed by atoms with E-state index >= 15 is 0 Å². The molecule has 5 aliphatic heterocycles. The zero-order valence-corrected chi connectivity index (χ0v) is 24.7. The lowest BCUT2D eigenvalue weighted by molar-refractivity contribution is 0.539. The average Bonchev–Trinajstić information content (AvgIpc) is 3.28. The van der Waals surface area contributed by atoms with Crippen molar-refractivity contribution in [2.24, 2.45) is 0 Å². The quantitative estimate of drug-likeness (QED) is 0.255. The van der Waals surface area contributed by atoms with Gasteiger partial charge in [0, 0.05) is 36.3 Å². The van der Waals surface area contributed by atoms with Crippen LogP contribution in [0.15, 0.2) is 109 Å². The first-order valence-electron chi connectivity index (χ1n) is 15.4. The Kier molecular flexibility index (Phi) is 4.38. The molecule has 0 fully saturated rings. The van der Waals surface area contributed by atoms with Crippen LogP contribution in [0.3, 0.4) is 0 Å². The van der Waals surface area contributed by atoms with Crippen LogP contribution in [0, 0.1) is 0 Å². The Labute approximate surface area is 253 Å². The number of fused-ring (bicyclic) bond motifs is 3. The minimum Gasteiger partial charge on any atom is -0.369 e. The first-order chi connectivity index (χ1) is 21.0. The number of rotatable bonds is 2. The summed E-state index contributed by atoms with van der Waals surface area (Å²) in [7, 11) is 2.27. The number of para-hydroxylation sites is 4. The monoisotopic (exact) mass is 557 g/mol. The summed E-state index contributed by atoms with van der Waals surface area (Å²) in [4.78, 5) is 13.0. The van der Waals surface area contributed by atoms with Crippen molar-refractivity contribution in [1.29, 1.82) is 0 Å². The molecule has 0 aromatic heterocycles. The average molecular weight is 558 g/mol. The summed E-state index contributed by atoms with van der Waals surface area (Å²) < 4.78 is 0. The smallest absolute Gasteiger partial charge is 0.252 e. The topological polar surface area (TPSA) is 16.2 Å². The number of benzene rings is 5. The van der Waals surface area contributed by atoms with Crippen LogP contribution in [-0.2, 0) is 6.54 Å². The number of likely N-dealkylation sites (N-methyl/N-ethyl adjacent to an activating group) is 1. The zero-order chi connectivity index (χ0) is 28.6. The third kappa shape index (κ3) is 2.80. The molecule has 10 rings (SSSR count). The maximum absolute atomic E-state index is 2.71. The molecule has 6 heteroatoms. The van der Waals surface area contributed by atoms with Gasteiger partial charge in [0.2, 0.25) is 0 Å². The predicted octanol–water partition coefficient (Wildman–Crippen LogP) is 5.79. The highest BCUT2D eigenvalue weighted by Gasteiger charge is 2.55. The van der Waals surface area contributed by atoms with Gasteiger partial charge < -0.3 is 24.5 Å². The highest BCUT2D eigenvalue weighted by Crippen LogP contribution is 2.56. The fourth-order valence-corrected chi connectivity index (χ4v) is 8.94. The van der Waals surface area contributed by atoms with Crippen LogP contribution in [0.4, 0.5) is 45.5 Å². The molecular formula is C37H32BN5. The van der Waals surface area contributed by atoms with Gasteiger partial charge in [-0.25, -0.2) is 0 Å². The van der Waals surface area contributed by atoms with E-state index in [0.717, 1.165) is 13.1 Å². The third-order valence-electron chi connectivity index (χ3n) is 10.5. The van der Waals surface area contributed by atoms with Crippen molar-refractivity contribution in [1.82, 2.24) is 0 Å². The van der Waals surface area contributed by atoms with E-state index < -0.39 is 0 Å². The van der Waals surface area contributed by atoms with E-state index in [1.54, 1.807) is 0 Å². The van der Waals surface area contributed by atoms with E-state index in [2.05, 4.69) is 155 Å². The highest BCUT2D eigenvalue weighted by molar-refractivity contribution is 7.00. The normalized spacial score (nSPS) is 19.5. The Morgan fingerprint density at radius 2 is 1.30 bits per heavy atom. The molecule has 5 aromatic rings. The molecule has 5 nitrogen and oxygen atoms in total. The lowest BCUT2D eigenvalue weighted by Crippen LogP contribution is -2.69. The van der Waals surface area contributed by atoms with Crippen molar-refractivity contribution in [3.05, 3.63) is 115 Å². The third-order valence-corrected chi connectivity index (χ3v) is 10.5. The molecule has 208 valence electrons. The number of hydrogen-bond acceptors (Lipinski definition) is 5. The van der Waals surface area contributed by atoms with E-state index in [0.29, 0.717) is 0 Å². The summed E-state index contributed by atoms with van der Waals surface area (Å²) in [5.74, 6) is 0. The van der Waals surface area contributed by atoms with Crippen molar-refractivity contribution in [3.63, 3.8) is 0 Å². The number of nitrogens with zero attached hydrogens (tertiary/aromatic N) is 5. The zero-order valence-electron chi connectivity index (χ0n) is 24.7. The van der Waals surface area contributed by atoms with Crippen LogP contribution < -0.4 is 40.9 Å². The van der Waals surface area contributed by atoms with Gasteiger partial charge in [0.25, 0.3) is 6.71 Å². The summed E-state index contributed by atoms with van der Waals surface area (Å²) in [6.45, 7) is 6.78. The van der Waals surface area contributed by atoms with E-state index in [9.17, 15) is 0 Å². The van der Waals surface area contributed by atoms with Crippen molar-refractivity contribution in [3.8, 4) is 0 Å². The molecule has 0 radical (unpaired) electrons. The molecule has 5 aliphatic rings. The van der Waals surface area contributed by atoms with E-state index in [1.807, 2.05) is 0 Å². The fraction of sp³-hybridized carbons (Fsp3) is 0.189. The summed E-state index contributed by atoms with van der Waals surface area (Å²) in [6.07, 6.45) is 0.209. The van der Waals surface area contributed by atoms with Crippen LogP contribution in [0.2, 0.25) is 0 Å². The van der Waals surface area contributed by atoms with Crippen LogP contribution in [-0.4, -0.2) is 32.1 Å². The van der Waals surface area contributed by atoms with Gasteiger partial charge in [-0.05, 0) is 78.3 Å². The number of anilines is 8. The second-order valence-electron chi connectivity index (χ2n) is 13.1. The van der Waals surface area contributed by atoms with Gasteiger partial charge >= 0.3 is 0 Å². The summed E-state index contributed by atoms with van der Waals surface area (Å²) in [5.41, 5.74) is 16.0. The fourth-order valence-electron chi connectivity index (χ4n) is 8.94. The maximum Gasteiger partial charge on any atom is 0.252 e. The molecule has 1 unspecified atom stereocenters. The van der Waals surface area contributed by atoms with Crippen LogP contribution >= 0.6 is 0 Å². The molecule has 0 spiro atoms. The Morgan fingerprint density at radius 1 is 0.628 bits per heavy atom. The van der Waals surface area contributed by atoms with Gasteiger partial charge in [-0.3, -0.25) is 0 Å². The van der Waals surface area contributed by atoms with E-state index in [1.165, 1.54) is 67.5 Å². The lowest BCUT2D eigenvalue weighted by atomic mass is 9.33. The van der Waals surface area contributed by atoms with E-state index in [-0.39, 0.29) is 18.5 Å². The van der Waals surface area contributed by atoms with Gasteiger partial charge in [0.15, 0.2) is 0 Å². The lowest BCUT2D eigenvalue weighted by Gasteiger charge is -2.57. The minimum atomic E-state index is -0.296. The van der Waals surface area contributed by atoms with Crippen LogP contribution in [0.25, 0.3) is 0 Å².